The van der Waals surface area contributed by atoms with Crippen molar-refractivity contribution in [2.45, 2.75) is 194 Å². The van der Waals surface area contributed by atoms with Crippen molar-refractivity contribution in [2.75, 3.05) is 40.4 Å². The Kier molecular flexibility index (Phi) is 39.8. The van der Waals surface area contributed by atoms with Gasteiger partial charge in [-0.15, -0.1) is 0 Å². The normalized spacial score (nSPS) is 18.8. The molecule has 9 heteroatoms. The Bertz CT molecular complexity index is 1000. The van der Waals surface area contributed by atoms with E-state index in [1.54, 1.807) is 7.05 Å². The van der Waals surface area contributed by atoms with Gasteiger partial charge in [0.15, 0.2) is 0 Å². The summed E-state index contributed by atoms with van der Waals surface area (Å²) in [5.74, 6) is 0.223. The maximum Gasteiger partial charge on any atom is 0.245 e. The molecule has 2 rings (SSSR count). The monoisotopic (exact) mass is 778 g/mol. The minimum absolute atomic E-state index is 0.0182. The fourth-order valence-electron chi connectivity index (χ4n) is 6.40. The first-order chi connectivity index (χ1) is 26.8. The van der Waals surface area contributed by atoms with Gasteiger partial charge in [-0.05, 0) is 77.2 Å². The molecular weight excluding hydrogens is 691 g/mol. The van der Waals surface area contributed by atoms with Crippen molar-refractivity contribution in [3.05, 3.63) is 48.6 Å². The zero-order valence-corrected chi connectivity index (χ0v) is 36.8. The predicted octanol–water partition coefficient (Wildman–Crippen LogP) is 9.72. The number of amides is 2. The van der Waals surface area contributed by atoms with Crippen molar-refractivity contribution in [1.29, 1.82) is 0 Å². The molecular formula is C46H87N3O6. The summed E-state index contributed by atoms with van der Waals surface area (Å²) >= 11 is 0. The van der Waals surface area contributed by atoms with E-state index >= 15 is 0 Å². The highest BCUT2D eigenvalue weighted by atomic mass is 16.7. The lowest BCUT2D eigenvalue weighted by atomic mass is 10.00. The number of nitrogens with zero attached hydrogens (tertiary/aromatic N) is 3. The third-order valence-electron chi connectivity index (χ3n) is 9.73. The van der Waals surface area contributed by atoms with Crippen LogP contribution in [0.1, 0.15) is 170 Å². The number of piperidine rings is 2. The first-order valence-electron chi connectivity index (χ1n) is 22.2. The summed E-state index contributed by atoms with van der Waals surface area (Å²) in [5, 5.41) is 30.2. The lowest BCUT2D eigenvalue weighted by Gasteiger charge is -2.33. The highest BCUT2D eigenvalue weighted by Crippen LogP contribution is 2.21. The quantitative estimate of drug-likeness (QED) is 0.0481. The van der Waals surface area contributed by atoms with Crippen LogP contribution in [0.2, 0.25) is 0 Å². The number of carbonyl (C=O) groups excluding carboxylic acids is 2. The number of aliphatic hydroxyl groups is 3. The summed E-state index contributed by atoms with van der Waals surface area (Å²) in [6.07, 6.45) is 35.7. The van der Waals surface area contributed by atoms with Gasteiger partial charge in [0.25, 0.3) is 0 Å². The lowest BCUT2D eigenvalue weighted by molar-refractivity contribution is -0.168. The molecule has 3 N–H and O–H groups in total. The smallest absolute Gasteiger partial charge is 0.245 e. The van der Waals surface area contributed by atoms with Crippen LogP contribution in [-0.4, -0.2) is 107 Å². The molecule has 2 fully saturated rings. The van der Waals surface area contributed by atoms with E-state index in [1.807, 2.05) is 50.8 Å². The number of carbonyl (C=O) groups is 2. The second kappa shape index (κ2) is 39.9. The van der Waals surface area contributed by atoms with Crippen molar-refractivity contribution >= 4 is 11.8 Å². The molecule has 2 amide bonds. The molecule has 322 valence electrons. The van der Waals surface area contributed by atoms with Crippen LogP contribution in [0.4, 0.5) is 0 Å². The van der Waals surface area contributed by atoms with E-state index in [0.717, 1.165) is 96.6 Å². The van der Waals surface area contributed by atoms with Crippen molar-refractivity contribution in [1.82, 2.24) is 14.9 Å². The summed E-state index contributed by atoms with van der Waals surface area (Å²) in [5.41, 5.74) is 0. The first kappa shape index (κ1) is 54.8. The van der Waals surface area contributed by atoms with Gasteiger partial charge in [-0.2, -0.15) is 0 Å². The van der Waals surface area contributed by atoms with Crippen LogP contribution < -0.4 is 0 Å². The zero-order valence-electron chi connectivity index (χ0n) is 36.8. The van der Waals surface area contributed by atoms with Crippen molar-refractivity contribution < 1.29 is 29.7 Å². The van der Waals surface area contributed by atoms with E-state index in [0.29, 0.717) is 25.4 Å². The predicted molar refractivity (Wildman–Crippen MR) is 233 cm³/mol. The summed E-state index contributed by atoms with van der Waals surface area (Å²) < 4.78 is 0. The summed E-state index contributed by atoms with van der Waals surface area (Å²) in [6.45, 7) is 15.3. The standard InChI is InChI=1S/C22H40N2O3.C20H35NO3.2C2H6/c1-4-5-8-14-21(25)17-16-20-13-10-12-19-24(20)18-11-7-6-9-15-22(26)23(2)27-3;1-2-3-7-12-19(23)15-14-18-11-10-13-20(24)21(18)16-8-5-4-6-9-17-22;2*1-2/h7,11,16-17,20-21,25H,4-6,8-10,12-15,18-19H2,1-3H3;5,8,14-15,18-19,22-23H,2-4,6-7,9-13,16-17H2,1H3;2*1-2H3/t20-,21?;18-,19?;;/m11../s1. The van der Waals surface area contributed by atoms with E-state index in [2.05, 4.69) is 49.1 Å². The molecule has 2 aliphatic rings. The highest BCUT2D eigenvalue weighted by molar-refractivity contribution is 5.77. The highest BCUT2D eigenvalue weighted by Gasteiger charge is 2.25. The molecule has 0 spiro atoms. The minimum atomic E-state index is -0.399. The molecule has 0 radical (unpaired) electrons. The third-order valence-corrected chi connectivity index (χ3v) is 9.73. The number of hydroxylamine groups is 2. The maximum atomic E-state index is 12.2. The Balaban J connectivity index is 0. The maximum absolute atomic E-state index is 12.2. The molecule has 2 aliphatic heterocycles. The summed E-state index contributed by atoms with van der Waals surface area (Å²) in [6, 6.07) is 0.537. The van der Waals surface area contributed by atoms with Gasteiger partial charge >= 0.3 is 0 Å². The zero-order chi connectivity index (χ0) is 41.5. The van der Waals surface area contributed by atoms with E-state index in [-0.39, 0.29) is 30.6 Å². The molecule has 9 nitrogen and oxygen atoms in total. The topological polar surface area (TPSA) is 114 Å². The number of hydrogen-bond donors (Lipinski definition) is 3. The molecule has 4 atom stereocenters. The number of rotatable bonds is 25. The molecule has 2 saturated heterocycles. The SMILES string of the molecule is CC.CC.CCCCCC(O)C=C[C@H]1CCCC(=O)N1CC=CCCCCO.CCCCCC(O)C=C[C@H]1CCCCN1CC=CCCCC(=O)N(C)OC. The van der Waals surface area contributed by atoms with E-state index in [9.17, 15) is 19.8 Å². The van der Waals surface area contributed by atoms with Crippen LogP contribution in [0.3, 0.4) is 0 Å². The Hall–Kier alpha value is -2.30. The van der Waals surface area contributed by atoms with Crippen LogP contribution in [0.5, 0.6) is 0 Å². The van der Waals surface area contributed by atoms with Gasteiger partial charge in [-0.3, -0.25) is 19.3 Å². The Labute approximate surface area is 338 Å². The second-order valence-corrected chi connectivity index (χ2v) is 14.1. The van der Waals surface area contributed by atoms with Crippen LogP contribution >= 0.6 is 0 Å². The second-order valence-electron chi connectivity index (χ2n) is 14.1. The van der Waals surface area contributed by atoms with Crippen molar-refractivity contribution in [3.8, 4) is 0 Å². The Morgan fingerprint density at radius 2 is 1.35 bits per heavy atom. The number of unbranched alkanes of at least 4 members (excludes halogenated alkanes) is 7. The van der Waals surface area contributed by atoms with Gasteiger partial charge in [-0.1, -0.05) is 135 Å². The molecule has 0 aromatic carbocycles. The number of hydrogen-bond acceptors (Lipinski definition) is 7. The molecule has 0 aromatic rings. The van der Waals surface area contributed by atoms with Gasteiger partial charge in [0.2, 0.25) is 11.8 Å². The average molecular weight is 778 g/mol. The van der Waals surface area contributed by atoms with Crippen molar-refractivity contribution in [2.24, 2.45) is 0 Å². The molecule has 0 aliphatic carbocycles. The first-order valence-corrected chi connectivity index (χ1v) is 22.2. The molecule has 0 bridgehead atoms. The van der Waals surface area contributed by atoms with E-state index in [4.69, 9.17) is 9.94 Å². The number of likely N-dealkylation sites (tertiary alicyclic amines) is 2. The largest absolute Gasteiger partial charge is 0.396 e. The van der Waals surface area contributed by atoms with Crippen LogP contribution in [0, 0.1) is 0 Å². The van der Waals surface area contributed by atoms with E-state index in [1.165, 1.54) is 44.3 Å². The van der Waals surface area contributed by atoms with Crippen LogP contribution in [0.25, 0.3) is 0 Å². The van der Waals surface area contributed by atoms with Crippen LogP contribution in [0.15, 0.2) is 48.6 Å². The van der Waals surface area contributed by atoms with Crippen molar-refractivity contribution in [3.63, 3.8) is 0 Å². The molecule has 55 heavy (non-hydrogen) atoms. The third kappa shape index (κ3) is 29.6. The van der Waals surface area contributed by atoms with Gasteiger partial charge in [0, 0.05) is 45.6 Å². The minimum Gasteiger partial charge on any atom is -0.396 e. The van der Waals surface area contributed by atoms with Crippen LogP contribution in [-0.2, 0) is 14.4 Å². The Morgan fingerprint density at radius 3 is 1.93 bits per heavy atom. The van der Waals surface area contributed by atoms with Gasteiger partial charge in [-0.25, -0.2) is 5.06 Å². The molecule has 2 heterocycles. The van der Waals surface area contributed by atoms with E-state index < -0.39 is 6.10 Å². The van der Waals surface area contributed by atoms with Gasteiger partial charge in [0.1, 0.15) is 0 Å². The molecule has 0 aromatic heterocycles. The number of allylic oxidation sites excluding steroid dienone is 2. The molecule has 0 saturated carbocycles. The van der Waals surface area contributed by atoms with Gasteiger partial charge < -0.3 is 20.2 Å². The fourth-order valence-corrected chi connectivity index (χ4v) is 6.40. The fraction of sp³-hybridized carbons (Fsp3) is 0.783. The average Bonchev–Trinajstić information content (AvgIpc) is 3.21. The Morgan fingerprint density at radius 1 is 0.782 bits per heavy atom. The summed E-state index contributed by atoms with van der Waals surface area (Å²) in [7, 11) is 3.15. The lowest BCUT2D eigenvalue weighted by Crippen LogP contribution is -2.42. The number of aliphatic hydroxyl groups excluding tert-OH is 3. The summed E-state index contributed by atoms with van der Waals surface area (Å²) in [4.78, 5) is 33.1. The molecule has 2 unspecified atom stereocenters. The van der Waals surface area contributed by atoms with Gasteiger partial charge in [0.05, 0.1) is 25.4 Å².